The van der Waals surface area contributed by atoms with E-state index in [4.69, 9.17) is 5.11 Å². The summed E-state index contributed by atoms with van der Waals surface area (Å²) in [7, 11) is 0. The summed E-state index contributed by atoms with van der Waals surface area (Å²) in [5, 5.41) is 9.04. The van der Waals surface area contributed by atoms with Gasteiger partial charge in [-0.15, -0.1) is 0 Å². The molecule has 0 radical (unpaired) electrons. The third kappa shape index (κ3) is 1.22. The molecular weight excluding hydrogens is 120 g/mol. The first-order valence-electron chi connectivity index (χ1n) is 2.96. The molecule has 0 fully saturated rings. The summed E-state index contributed by atoms with van der Waals surface area (Å²) in [5.74, 6) is 0.376. The first-order valence-corrected chi connectivity index (χ1v) is 2.96. The lowest BCUT2D eigenvalue weighted by molar-refractivity contribution is 0.471. The average molecular weight is 130 g/mol. The zero-order valence-corrected chi connectivity index (χ0v) is 5.68. The number of hydrogen-bond donors (Lipinski definition) is 1. The van der Waals surface area contributed by atoms with E-state index in [9.17, 15) is 0 Å². The van der Waals surface area contributed by atoms with Crippen molar-refractivity contribution in [1.82, 2.24) is 0 Å². The average Bonchev–Trinajstić information content (AvgIpc) is 1.80. The molecule has 0 aliphatic heterocycles. The molecule has 0 spiro atoms. The fraction of sp³-hybridized carbons (Fsp3) is 0.250. The second-order valence-corrected chi connectivity index (χ2v) is 2.29. The quantitative estimate of drug-likeness (QED) is 0.532. The van der Waals surface area contributed by atoms with Crippen molar-refractivity contribution in [1.29, 1.82) is 0 Å². The number of rotatable bonds is 0. The number of aromatic hydroxyl groups is 1. The Hall–Kier alpha value is -0.980. The van der Waals surface area contributed by atoms with Crippen molar-refractivity contribution in [2.45, 2.75) is 13.8 Å². The van der Waals surface area contributed by atoms with Gasteiger partial charge < -0.3 is 5.11 Å². The van der Waals surface area contributed by atoms with Crippen molar-refractivity contribution >= 4 is 0 Å². The van der Waals surface area contributed by atoms with Crippen LogP contribution >= 0.6 is 0 Å². The van der Waals surface area contributed by atoms with E-state index in [0.717, 1.165) is 5.56 Å². The van der Waals surface area contributed by atoms with Gasteiger partial charge in [0.1, 0.15) is 5.75 Å². The third-order valence-corrected chi connectivity index (χ3v) is 1.35. The molecule has 0 amide bonds. The normalized spacial score (nSPS) is 9.56. The smallest absolute Gasteiger partial charge is 0.118 e. The lowest BCUT2D eigenvalue weighted by atomic mass is 11.1. The lowest BCUT2D eigenvalue weighted by Crippen LogP contribution is -1.75. The summed E-state index contributed by atoms with van der Waals surface area (Å²) < 4.78 is 0. The van der Waals surface area contributed by atoms with Gasteiger partial charge in [0, 0.05) is 0 Å². The predicted octanol–water partition coefficient (Wildman–Crippen LogP) is 2.01. The monoisotopic (exact) mass is 130 g/mol. The van der Waals surface area contributed by atoms with Gasteiger partial charge in [-0.25, -0.2) is 0 Å². The number of aryl methyl sites for hydroxylation is 2. The molecule has 1 N–H and O–H groups in total. The highest BCUT2D eigenvalue weighted by Gasteiger charge is 1.91. The molecule has 0 saturated carbocycles. The third-order valence-electron chi connectivity index (χ3n) is 1.35. The van der Waals surface area contributed by atoms with Gasteiger partial charge in [-0.2, -0.15) is 0 Å². The van der Waals surface area contributed by atoms with Crippen LogP contribution in [0.25, 0.3) is 0 Å². The van der Waals surface area contributed by atoms with E-state index in [1.807, 2.05) is 26.0 Å². The molecule has 0 unspecified atom stereocenters. The minimum absolute atomic E-state index is 0.376. The standard InChI is InChI=1S/C8H10O/c1-6-3-4-8(9)7(2)5-6/h3-5,9H,1-2H3/i1+1,2+1,3+1,4+1,5+1,6+1,7+1,8+1. The van der Waals surface area contributed by atoms with Gasteiger partial charge in [-0.1, -0.05) is 17.7 Å². The summed E-state index contributed by atoms with van der Waals surface area (Å²) in [6, 6.07) is 5.56. The van der Waals surface area contributed by atoms with Crippen LogP contribution in [0, 0.1) is 13.8 Å². The van der Waals surface area contributed by atoms with E-state index in [-0.39, 0.29) is 0 Å². The summed E-state index contributed by atoms with van der Waals surface area (Å²) >= 11 is 0. The Kier molecular flexibility index (Phi) is 1.43. The van der Waals surface area contributed by atoms with Crippen LogP contribution in [0.5, 0.6) is 5.75 Å². The van der Waals surface area contributed by atoms with Crippen molar-refractivity contribution in [2.24, 2.45) is 0 Å². The van der Waals surface area contributed by atoms with Crippen LogP contribution < -0.4 is 0 Å². The van der Waals surface area contributed by atoms with Crippen LogP contribution in [0.15, 0.2) is 18.2 Å². The SMILES string of the molecule is [13CH3][13c]1[13cH][13cH][13c](O)[13c]([13CH3])[13cH]1. The van der Waals surface area contributed by atoms with Crippen LogP contribution in [0.1, 0.15) is 11.1 Å². The minimum atomic E-state index is 0.376. The van der Waals surface area contributed by atoms with Gasteiger partial charge in [0.2, 0.25) is 0 Å². The Morgan fingerprint density at radius 2 is 1.89 bits per heavy atom. The molecular formula is C8H10O. The van der Waals surface area contributed by atoms with Gasteiger partial charge in [0.15, 0.2) is 0 Å². The van der Waals surface area contributed by atoms with Crippen molar-refractivity contribution in [3.8, 4) is 5.75 Å². The van der Waals surface area contributed by atoms with E-state index >= 15 is 0 Å². The van der Waals surface area contributed by atoms with Crippen molar-refractivity contribution in [2.75, 3.05) is 0 Å². The fourth-order valence-corrected chi connectivity index (χ4v) is 0.805. The van der Waals surface area contributed by atoms with Gasteiger partial charge in [-0.05, 0) is 25.5 Å². The zero-order chi connectivity index (χ0) is 6.85. The second-order valence-electron chi connectivity index (χ2n) is 2.29. The molecule has 0 saturated heterocycles. The molecule has 1 nitrogen and oxygen atoms in total. The highest BCUT2D eigenvalue weighted by atomic mass is 16.3. The molecule has 0 aliphatic carbocycles. The molecule has 0 bridgehead atoms. The summed E-state index contributed by atoms with van der Waals surface area (Å²) in [4.78, 5) is 0. The number of hydrogen-bond acceptors (Lipinski definition) is 1. The molecule has 0 aromatic heterocycles. The van der Waals surface area contributed by atoms with Gasteiger partial charge in [0.05, 0.1) is 0 Å². The molecule has 0 atom stereocenters. The molecule has 1 aromatic rings. The Bertz CT molecular complexity index is 216. The topological polar surface area (TPSA) is 20.2 Å². The number of phenols is 1. The maximum absolute atomic E-state index is 9.04. The first-order chi connectivity index (χ1) is 4.20. The Labute approximate surface area is 55.0 Å². The maximum Gasteiger partial charge on any atom is 0.118 e. The number of phenolic OH excluding ortho intramolecular Hbond substituents is 1. The van der Waals surface area contributed by atoms with Crippen molar-refractivity contribution in [3.63, 3.8) is 0 Å². The molecule has 1 heteroatoms. The summed E-state index contributed by atoms with van der Waals surface area (Å²) in [6.07, 6.45) is 0. The lowest BCUT2D eigenvalue weighted by Gasteiger charge is -1.97. The molecule has 1 aromatic carbocycles. The van der Waals surface area contributed by atoms with E-state index in [0.29, 0.717) is 5.75 Å². The Balaban J connectivity index is 3.17. The first kappa shape index (κ1) is 6.14. The summed E-state index contributed by atoms with van der Waals surface area (Å²) in [6.45, 7) is 3.90. The van der Waals surface area contributed by atoms with Crippen LogP contribution in [0.2, 0.25) is 0 Å². The largest absolute Gasteiger partial charge is 0.508 e. The second kappa shape index (κ2) is 2.09. The Morgan fingerprint density at radius 3 is 2.33 bits per heavy atom. The minimum Gasteiger partial charge on any atom is -0.508 e. The Morgan fingerprint density at radius 1 is 1.22 bits per heavy atom. The highest BCUT2D eigenvalue weighted by molar-refractivity contribution is 5.34. The summed E-state index contributed by atoms with van der Waals surface area (Å²) in [5.41, 5.74) is 2.13. The number of benzene rings is 1. The van der Waals surface area contributed by atoms with Crippen molar-refractivity contribution in [3.05, 3.63) is 29.3 Å². The van der Waals surface area contributed by atoms with Gasteiger partial charge in [-0.3, -0.25) is 0 Å². The maximum atomic E-state index is 9.04. The molecule has 0 heterocycles. The van der Waals surface area contributed by atoms with Gasteiger partial charge >= 0.3 is 0 Å². The van der Waals surface area contributed by atoms with Crippen molar-refractivity contribution < 1.29 is 5.11 Å². The highest BCUT2D eigenvalue weighted by Crippen LogP contribution is 2.15. The van der Waals surface area contributed by atoms with Crippen LogP contribution in [0.3, 0.4) is 0 Å². The van der Waals surface area contributed by atoms with Crippen LogP contribution in [-0.4, -0.2) is 5.11 Å². The molecule has 9 heavy (non-hydrogen) atoms. The molecule has 1 rings (SSSR count). The van der Waals surface area contributed by atoms with E-state index in [1.54, 1.807) is 6.07 Å². The van der Waals surface area contributed by atoms with E-state index < -0.39 is 0 Å². The molecule has 48 valence electrons. The van der Waals surface area contributed by atoms with Gasteiger partial charge in [0.25, 0.3) is 0 Å². The zero-order valence-electron chi connectivity index (χ0n) is 5.68. The molecule has 0 aliphatic rings. The van der Waals surface area contributed by atoms with Crippen LogP contribution in [0.4, 0.5) is 0 Å². The van der Waals surface area contributed by atoms with E-state index in [2.05, 4.69) is 0 Å². The van der Waals surface area contributed by atoms with Crippen LogP contribution in [-0.2, 0) is 0 Å². The fourth-order valence-electron chi connectivity index (χ4n) is 0.805. The predicted molar refractivity (Wildman–Crippen MR) is 37.6 cm³/mol. The van der Waals surface area contributed by atoms with E-state index in [1.165, 1.54) is 5.56 Å².